The molecule has 2 aromatic rings. The standard InChI is InChI=1S/C18H22N4O2S/c23-25(24,16-8-7-14-5-1-2-6-15(14)13-16)21-17-9-10-18(20-19-17)22-11-3-4-12-22/h7-10,13H,1-6,11-12H2,(H,19,21). The zero-order valence-electron chi connectivity index (χ0n) is 14.1. The van der Waals surface area contributed by atoms with Crippen LogP contribution in [0.5, 0.6) is 0 Å². The summed E-state index contributed by atoms with van der Waals surface area (Å²) in [5, 5.41) is 8.20. The van der Waals surface area contributed by atoms with E-state index in [-0.39, 0.29) is 5.82 Å². The zero-order chi connectivity index (χ0) is 17.3. The van der Waals surface area contributed by atoms with Gasteiger partial charge in [0.2, 0.25) is 0 Å². The molecule has 0 spiro atoms. The molecule has 1 fully saturated rings. The second-order valence-electron chi connectivity index (χ2n) is 6.71. The number of fused-ring (bicyclic) bond motifs is 1. The Morgan fingerprint density at radius 3 is 2.36 bits per heavy atom. The molecule has 2 heterocycles. The maximum atomic E-state index is 12.6. The number of anilines is 2. The fraction of sp³-hybridized carbons (Fsp3) is 0.444. The first-order chi connectivity index (χ1) is 12.1. The molecule has 1 aromatic carbocycles. The van der Waals surface area contributed by atoms with Crippen molar-refractivity contribution in [2.24, 2.45) is 0 Å². The number of hydrogen-bond acceptors (Lipinski definition) is 5. The molecule has 0 saturated carbocycles. The normalized spacial score (nSPS) is 17.4. The van der Waals surface area contributed by atoms with Crippen LogP contribution in [0.2, 0.25) is 0 Å². The lowest BCUT2D eigenvalue weighted by Gasteiger charge is -2.17. The number of benzene rings is 1. The van der Waals surface area contributed by atoms with Gasteiger partial charge in [0.15, 0.2) is 11.6 Å². The van der Waals surface area contributed by atoms with Crippen LogP contribution in [-0.4, -0.2) is 31.7 Å². The van der Waals surface area contributed by atoms with E-state index < -0.39 is 10.0 Å². The number of aryl methyl sites for hydroxylation is 2. The van der Waals surface area contributed by atoms with Crippen molar-refractivity contribution < 1.29 is 8.42 Å². The number of aromatic nitrogens is 2. The van der Waals surface area contributed by atoms with Crippen molar-refractivity contribution in [1.82, 2.24) is 10.2 Å². The summed E-state index contributed by atoms with van der Waals surface area (Å²) < 4.78 is 27.8. The molecule has 0 radical (unpaired) electrons. The van der Waals surface area contributed by atoms with Crippen LogP contribution in [0.1, 0.15) is 36.8 Å². The van der Waals surface area contributed by atoms with Gasteiger partial charge >= 0.3 is 0 Å². The monoisotopic (exact) mass is 358 g/mol. The maximum Gasteiger partial charge on any atom is 0.263 e. The summed E-state index contributed by atoms with van der Waals surface area (Å²) in [4.78, 5) is 2.45. The molecule has 1 saturated heterocycles. The molecule has 1 aliphatic heterocycles. The molecular formula is C18H22N4O2S. The number of rotatable bonds is 4. The topological polar surface area (TPSA) is 75.2 Å². The molecule has 1 N–H and O–H groups in total. The molecule has 0 bridgehead atoms. The molecule has 25 heavy (non-hydrogen) atoms. The Balaban J connectivity index is 1.52. The van der Waals surface area contributed by atoms with E-state index in [0.29, 0.717) is 4.90 Å². The van der Waals surface area contributed by atoms with Crippen molar-refractivity contribution in [3.8, 4) is 0 Å². The van der Waals surface area contributed by atoms with Crippen LogP contribution in [0, 0.1) is 0 Å². The average Bonchev–Trinajstić information content (AvgIpc) is 3.16. The summed E-state index contributed by atoms with van der Waals surface area (Å²) in [5.74, 6) is 1.05. The lowest BCUT2D eigenvalue weighted by atomic mass is 9.92. The van der Waals surface area contributed by atoms with Gasteiger partial charge < -0.3 is 4.90 Å². The van der Waals surface area contributed by atoms with Gasteiger partial charge in [-0.3, -0.25) is 4.72 Å². The van der Waals surface area contributed by atoms with Crippen LogP contribution in [0.15, 0.2) is 35.2 Å². The molecule has 0 amide bonds. The third-order valence-electron chi connectivity index (χ3n) is 4.95. The van der Waals surface area contributed by atoms with Crippen LogP contribution < -0.4 is 9.62 Å². The second kappa shape index (κ2) is 6.63. The number of nitrogens with one attached hydrogen (secondary N) is 1. The highest BCUT2D eigenvalue weighted by molar-refractivity contribution is 7.92. The minimum Gasteiger partial charge on any atom is -0.355 e. The highest BCUT2D eigenvalue weighted by Gasteiger charge is 2.19. The van der Waals surface area contributed by atoms with Gasteiger partial charge in [-0.2, -0.15) is 0 Å². The third kappa shape index (κ3) is 3.46. The minimum atomic E-state index is -3.64. The Morgan fingerprint density at radius 2 is 1.64 bits per heavy atom. The van der Waals surface area contributed by atoms with Gasteiger partial charge in [0.1, 0.15) is 0 Å². The number of nitrogens with zero attached hydrogens (tertiary/aromatic N) is 3. The van der Waals surface area contributed by atoms with Gasteiger partial charge in [-0.1, -0.05) is 6.07 Å². The molecule has 1 aliphatic carbocycles. The zero-order valence-corrected chi connectivity index (χ0v) is 14.9. The van der Waals surface area contributed by atoms with E-state index >= 15 is 0 Å². The predicted octanol–water partition coefficient (Wildman–Crippen LogP) is 2.76. The van der Waals surface area contributed by atoms with E-state index in [1.165, 1.54) is 12.0 Å². The van der Waals surface area contributed by atoms with Gasteiger partial charge in [0.25, 0.3) is 10.0 Å². The van der Waals surface area contributed by atoms with Crippen molar-refractivity contribution in [2.75, 3.05) is 22.7 Å². The van der Waals surface area contributed by atoms with E-state index in [1.54, 1.807) is 18.2 Å². The van der Waals surface area contributed by atoms with Crippen LogP contribution in [0.25, 0.3) is 0 Å². The van der Waals surface area contributed by atoms with Gasteiger partial charge in [0.05, 0.1) is 4.90 Å². The summed E-state index contributed by atoms with van der Waals surface area (Å²) in [7, 11) is -3.64. The molecular weight excluding hydrogens is 336 g/mol. The molecule has 4 rings (SSSR count). The van der Waals surface area contributed by atoms with E-state index in [0.717, 1.165) is 56.6 Å². The molecule has 2 aliphatic rings. The summed E-state index contributed by atoms with van der Waals surface area (Å²) >= 11 is 0. The minimum absolute atomic E-state index is 0.251. The Labute approximate surface area is 148 Å². The highest BCUT2D eigenvalue weighted by atomic mass is 32.2. The summed E-state index contributed by atoms with van der Waals surface area (Å²) in [6.07, 6.45) is 6.60. The van der Waals surface area contributed by atoms with Crippen molar-refractivity contribution in [2.45, 2.75) is 43.4 Å². The Hall–Kier alpha value is -2.15. The SMILES string of the molecule is O=S(=O)(Nc1ccc(N2CCCC2)nn1)c1ccc2c(c1)CCCC2. The number of sulfonamides is 1. The summed E-state index contributed by atoms with van der Waals surface area (Å²) in [5.41, 5.74) is 2.41. The van der Waals surface area contributed by atoms with E-state index in [4.69, 9.17) is 0 Å². The lowest BCUT2D eigenvalue weighted by molar-refractivity contribution is 0.600. The Morgan fingerprint density at radius 1 is 0.880 bits per heavy atom. The molecule has 1 aromatic heterocycles. The summed E-state index contributed by atoms with van der Waals surface area (Å²) in [6.45, 7) is 1.96. The smallest absolute Gasteiger partial charge is 0.263 e. The molecule has 7 heteroatoms. The summed E-state index contributed by atoms with van der Waals surface area (Å²) in [6, 6.07) is 8.91. The van der Waals surface area contributed by atoms with Gasteiger partial charge in [-0.05, 0) is 73.9 Å². The number of hydrogen-bond donors (Lipinski definition) is 1. The third-order valence-corrected chi connectivity index (χ3v) is 6.30. The molecule has 0 atom stereocenters. The molecule has 6 nitrogen and oxygen atoms in total. The predicted molar refractivity (Wildman–Crippen MR) is 97.4 cm³/mol. The van der Waals surface area contributed by atoms with Crippen molar-refractivity contribution in [3.63, 3.8) is 0 Å². The highest BCUT2D eigenvalue weighted by Crippen LogP contribution is 2.25. The maximum absolute atomic E-state index is 12.6. The van der Waals surface area contributed by atoms with Crippen LogP contribution in [0.3, 0.4) is 0 Å². The Bertz CT molecular complexity index is 859. The van der Waals surface area contributed by atoms with Crippen LogP contribution in [-0.2, 0) is 22.9 Å². The van der Waals surface area contributed by atoms with Gasteiger partial charge in [0, 0.05) is 13.1 Å². The second-order valence-corrected chi connectivity index (χ2v) is 8.40. The van der Waals surface area contributed by atoms with Crippen molar-refractivity contribution in [3.05, 3.63) is 41.5 Å². The fourth-order valence-corrected chi connectivity index (χ4v) is 4.61. The first kappa shape index (κ1) is 16.3. The lowest BCUT2D eigenvalue weighted by Crippen LogP contribution is -2.20. The molecule has 0 unspecified atom stereocenters. The molecule has 132 valence electrons. The van der Waals surface area contributed by atoms with E-state index in [1.807, 2.05) is 12.1 Å². The first-order valence-corrected chi connectivity index (χ1v) is 10.3. The first-order valence-electron chi connectivity index (χ1n) is 8.85. The van der Waals surface area contributed by atoms with Crippen molar-refractivity contribution >= 4 is 21.7 Å². The van der Waals surface area contributed by atoms with Crippen molar-refractivity contribution in [1.29, 1.82) is 0 Å². The quantitative estimate of drug-likeness (QED) is 0.909. The Kier molecular flexibility index (Phi) is 4.33. The van der Waals surface area contributed by atoms with Gasteiger partial charge in [-0.15, -0.1) is 10.2 Å². The van der Waals surface area contributed by atoms with Gasteiger partial charge in [-0.25, -0.2) is 8.42 Å². The largest absolute Gasteiger partial charge is 0.355 e. The van der Waals surface area contributed by atoms with E-state index in [2.05, 4.69) is 19.8 Å². The van der Waals surface area contributed by atoms with Crippen LogP contribution >= 0.6 is 0 Å². The fourth-order valence-electron chi connectivity index (χ4n) is 3.57. The van der Waals surface area contributed by atoms with Crippen LogP contribution in [0.4, 0.5) is 11.6 Å². The average molecular weight is 358 g/mol. The van der Waals surface area contributed by atoms with E-state index in [9.17, 15) is 8.42 Å².